The third-order valence-corrected chi connectivity index (χ3v) is 10.1. The number of pyridine rings is 2. The maximum Gasteiger partial charge on any atom is 0.257 e. The topological polar surface area (TPSA) is 152 Å². The Labute approximate surface area is 290 Å². The average Bonchev–Trinajstić information content (AvgIpc) is 3.66. The van der Waals surface area contributed by atoms with Crippen LogP contribution >= 0.6 is 0 Å². The van der Waals surface area contributed by atoms with Gasteiger partial charge in [-0.2, -0.15) is 0 Å². The van der Waals surface area contributed by atoms with Crippen LogP contribution in [-0.2, 0) is 24.8 Å². The molecular formula is C37H44N8O5. The molecule has 3 atom stereocenters. The molecule has 1 saturated heterocycles. The number of hydrogen-bond acceptors (Lipinski definition) is 9. The summed E-state index contributed by atoms with van der Waals surface area (Å²) in [5.74, 6) is 1.28. The number of amides is 2. The number of rotatable bonds is 5. The molecule has 262 valence electrons. The Morgan fingerprint density at radius 3 is 2.62 bits per heavy atom. The van der Waals surface area contributed by atoms with Gasteiger partial charge in [-0.15, -0.1) is 0 Å². The monoisotopic (exact) mass is 680 g/mol. The molecule has 6 heterocycles. The smallest absolute Gasteiger partial charge is 0.257 e. The minimum Gasteiger partial charge on any atom is -0.494 e. The highest BCUT2D eigenvalue weighted by atomic mass is 16.5. The van der Waals surface area contributed by atoms with Crippen molar-refractivity contribution < 1.29 is 23.8 Å². The summed E-state index contributed by atoms with van der Waals surface area (Å²) in [6.07, 6.45) is 5.77. The quantitative estimate of drug-likeness (QED) is 0.275. The molecule has 13 heteroatoms. The zero-order chi connectivity index (χ0) is 35.1. The number of benzene rings is 1. The van der Waals surface area contributed by atoms with Crippen molar-refractivity contribution in [2.45, 2.75) is 63.8 Å². The summed E-state index contributed by atoms with van der Waals surface area (Å²) in [7, 11) is 6.77. The number of nitrogens with one attached hydrogen (secondary N) is 1. The Morgan fingerprint density at radius 1 is 1.02 bits per heavy atom. The lowest BCUT2D eigenvalue weighted by molar-refractivity contribution is 0.0227. The number of ether oxygens (including phenoxy) is 3. The minimum absolute atomic E-state index is 0.0659. The van der Waals surface area contributed by atoms with Crippen LogP contribution in [0.2, 0.25) is 0 Å². The first-order valence-corrected chi connectivity index (χ1v) is 17.2. The zero-order valence-corrected chi connectivity index (χ0v) is 29.2. The Kier molecular flexibility index (Phi) is 9.19. The van der Waals surface area contributed by atoms with E-state index in [1.165, 1.54) is 7.11 Å². The van der Waals surface area contributed by atoms with Gasteiger partial charge in [0.15, 0.2) is 5.82 Å². The molecule has 0 unspecified atom stereocenters. The van der Waals surface area contributed by atoms with E-state index >= 15 is 0 Å². The van der Waals surface area contributed by atoms with E-state index in [0.717, 1.165) is 71.6 Å². The van der Waals surface area contributed by atoms with E-state index < -0.39 is 0 Å². The van der Waals surface area contributed by atoms with Gasteiger partial charge in [0.25, 0.3) is 11.8 Å². The van der Waals surface area contributed by atoms with Crippen LogP contribution in [0.1, 0.15) is 70.6 Å². The molecular weight excluding hydrogens is 636 g/mol. The van der Waals surface area contributed by atoms with E-state index in [-0.39, 0.29) is 30.0 Å². The van der Waals surface area contributed by atoms with Crippen molar-refractivity contribution in [3.05, 3.63) is 65.0 Å². The number of carbonyl (C=O) groups excluding carboxylic acids is 2. The lowest BCUT2D eigenvalue weighted by atomic mass is 10.0. The minimum atomic E-state index is -0.370. The molecule has 0 radical (unpaired) electrons. The van der Waals surface area contributed by atoms with Gasteiger partial charge in [-0.1, -0.05) is 6.42 Å². The van der Waals surface area contributed by atoms with Gasteiger partial charge in [-0.3, -0.25) is 9.59 Å². The van der Waals surface area contributed by atoms with Gasteiger partial charge in [0.2, 0.25) is 5.88 Å². The SMILES string of the molecule is COc1nccc2c1C(=O)N[C@H](C)c1ccc3cc(-c4nc5cc(C(=O)N6CC[C@@H](OC)[C@@H](N)C6)cc(OC)c5n4C)n(c3n1)CCCCC2. The molecule has 2 aliphatic heterocycles. The van der Waals surface area contributed by atoms with Crippen molar-refractivity contribution in [1.82, 2.24) is 34.3 Å². The molecule has 3 N–H and O–H groups in total. The molecule has 0 spiro atoms. The van der Waals surface area contributed by atoms with Gasteiger partial charge in [0.05, 0.1) is 43.3 Å². The summed E-state index contributed by atoms with van der Waals surface area (Å²) in [4.78, 5) is 43.6. The summed E-state index contributed by atoms with van der Waals surface area (Å²) in [6.45, 7) is 3.64. The fourth-order valence-electron chi connectivity index (χ4n) is 7.42. The predicted octanol–water partition coefficient (Wildman–Crippen LogP) is 4.41. The van der Waals surface area contributed by atoms with Crippen LogP contribution in [0, 0.1) is 0 Å². The van der Waals surface area contributed by atoms with E-state index in [4.69, 9.17) is 29.9 Å². The zero-order valence-electron chi connectivity index (χ0n) is 29.2. The molecule has 4 aromatic heterocycles. The van der Waals surface area contributed by atoms with Gasteiger partial charge in [-0.25, -0.2) is 15.0 Å². The second kappa shape index (κ2) is 13.7. The summed E-state index contributed by atoms with van der Waals surface area (Å²) >= 11 is 0. The highest BCUT2D eigenvalue weighted by Crippen LogP contribution is 2.35. The molecule has 1 fully saturated rings. The number of nitrogens with zero attached hydrogens (tertiary/aromatic N) is 6. The number of nitrogens with two attached hydrogens (primary N) is 1. The molecule has 50 heavy (non-hydrogen) atoms. The van der Waals surface area contributed by atoms with Crippen LogP contribution in [0.3, 0.4) is 0 Å². The highest BCUT2D eigenvalue weighted by molar-refractivity contribution is 6.00. The predicted molar refractivity (Wildman–Crippen MR) is 190 cm³/mol. The molecule has 0 saturated carbocycles. The van der Waals surface area contributed by atoms with Crippen molar-refractivity contribution in [3.63, 3.8) is 0 Å². The van der Waals surface area contributed by atoms with Gasteiger partial charge in [0, 0.05) is 57.0 Å². The average molecular weight is 681 g/mol. The number of carbonyl (C=O) groups is 2. The molecule has 2 bridgehead atoms. The second-order valence-electron chi connectivity index (χ2n) is 13.2. The molecule has 13 nitrogen and oxygen atoms in total. The Bertz CT molecular complexity index is 2090. The first kappa shape index (κ1) is 33.5. The van der Waals surface area contributed by atoms with Crippen LogP contribution in [0.15, 0.2) is 42.6 Å². The molecule has 7 rings (SSSR count). The van der Waals surface area contributed by atoms with E-state index in [1.807, 2.05) is 42.8 Å². The number of aromatic nitrogens is 5. The lowest BCUT2D eigenvalue weighted by Crippen LogP contribution is -2.53. The highest BCUT2D eigenvalue weighted by Gasteiger charge is 2.31. The van der Waals surface area contributed by atoms with Gasteiger partial charge >= 0.3 is 0 Å². The number of piperidine rings is 1. The molecule has 5 aromatic rings. The number of methoxy groups -OCH3 is 3. The first-order chi connectivity index (χ1) is 24.2. The molecule has 2 amide bonds. The third-order valence-electron chi connectivity index (χ3n) is 10.1. The van der Waals surface area contributed by atoms with Crippen LogP contribution in [0.25, 0.3) is 33.6 Å². The van der Waals surface area contributed by atoms with Crippen LogP contribution in [0.5, 0.6) is 11.6 Å². The summed E-state index contributed by atoms with van der Waals surface area (Å²) < 4.78 is 21.1. The first-order valence-electron chi connectivity index (χ1n) is 17.2. The second-order valence-corrected chi connectivity index (χ2v) is 13.2. The van der Waals surface area contributed by atoms with E-state index in [1.54, 1.807) is 31.4 Å². The summed E-state index contributed by atoms with van der Waals surface area (Å²) in [5.41, 5.74) is 12.1. The third kappa shape index (κ3) is 5.94. The van der Waals surface area contributed by atoms with E-state index in [2.05, 4.69) is 20.9 Å². The Morgan fingerprint density at radius 2 is 1.86 bits per heavy atom. The summed E-state index contributed by atoms with van der Waals surface area (Å²) in [5, 5.41) is 4.09. The van der Waals surface area contributed by atoms with Crippen molar-refractivity contribution in [2.75, 3.05) is 34.4 Å². The fourth-order valence-corrected chi connectivity index (χ4v) is 7.42. The van der Waals surface area contributed by atoms with Crippen molar-refractivity contribution in [2.24, 2.45) is 12.8 Å². The van der Waals surface area contributed by atoms with Gasteiger partial charge in [-0.05, 0) is 74.6 Å². The number of hydrogen-bond donors (Lipinski definition) is 2. The van der Waals surface area contributed by atoms with Gasteiger partial charge < -0.3 is 39.3 Å². The fraction of sp³-hybridized carbons (Fsp3) is 0.432. The van der Waals surface area contributed by atoms with Gasteiger partial charge in [0.1, 0.15) is 22.5 Å². The molecule has 1 aromatic carbocycles. The van der Waals surface area contributed by atoms with E-state index in [9.17, 15) is 9.59 Å². The normalized spacial score (nSPS) is 20.1. The van der Waals surface area contributed by atoms with Crippen molar-refractivity contribution in [1.29, 1.82) is 0 Å². The van der Waals surface area contributed by atoms with Crippen LogP contribution in [-0.4, -0.2) is 87.4 Å². The van der Waals surface area contributed by atoms with E-state index in [0.29, 0.717) is 47.8 Å². The largest absolute Gasteiger partial charge is 0.494 e. The maximum atomic E-state index is 13.7. The summed E-state index contributed by atoms with van der Waals surface area (Å²) in [6, 6.07) is 11.0. The molecule has 0 aliphatic carbocycles. The number of imidazole rings is 1. The standard InChI is InChI=1S/C37H44N8O5/c1-21-26-11-10-23-18-28(45(33(23)41-26)15-8-6-7-9-22-12-14-39-36(50-5)31(22)35(46)40-21)34-42-27-17-24(19-30(49-4)32(27)43(34)2)37(47)44-16-13-29(48-3)25(38)20-44/h10-12,14,17-19,21,25,29H,6-9,13,15-16,20,38H2,1-5H3,(H,40,46)/t21-,25+,29-/m1/s1. The molecule has 2 aliphatic rings. The maximum absolute atomic E-state index is 13.7. The Hall–Kier alpha value is -5.01. The number of likely N-dealkylation sites (tertiary alicyclic amines) is 1. The van der Waals surface area contributed by atoms with Crippen LogP contribution < -0.4 is 20.5 Å². The number of aryl methyl sites for hydroxylation is 3. The number of fused-ring (bicyclic) bond motifs is 3. The van der Waals surface area contributed by atoms with Crippen molar-refractivity contribution in [3.8, 4) is 23.1 Å². The Balaban J connectivity index is 1.27. The van der Waals surface area contributed by atoms with Crippen LogP contribution in [0.4, 0.5) is 0 Å². The van der Waals surface area contributed by atoms with Crippen molar-refractivity contribution >= 4 is 33.9 Å². The lowest BCUT2D eigenvalue weighted by Gasteiger charge is -2.36.